The Hall–Kier alpha value is -2.25. The van der Waals surface area contributed by atoms with Gasteiger partial charge >= 0.3 is 0 Å². The quantitative estimate of drug-likeness (QED) is 0.422. The van der Waals surface area contributed by atoms with Crippen LogP contribution in [0.2, 0.25) is 5.02 Å². The van der Waals surface area contributed by atoms with Crippen molar-refractivity contribution in [3.8, 4) is 11.1 Å². The minimum atomic E-state index is 0.692. The molecule has 0 unspecified atom stereocenters. The fourth-order valence-electron chi connectivity index (χ4n) is 2.62. The maximum absolute atomic E-state index is 6.04. The molecule has 0 radical (unpaired) electrons. The summed E-state index contributed by atoms with van der Waals surface area (Å²) >= 11 is 6.04. The molecule has 0 saturated heterocycles. The third-order valence-corrected chi connectivity index (χ3v) is 3.78. The zero-order valence-electron chi connectivity index (χ0n) is 10.6. The summed E-state index contributed by atoms with van der Waals surface area (Å²) in [5, 5.41) is 2.91. The first-order valence-corrected chi connectivity index (χ1v) is 6.87. The molecule has 0 bridgehead atoms. The van der Waals surface area contributed by atoms with E-state index >= 15 is 0 Å². The molecule has 0 N–H and O–H groups in total. The molecule has 4 aromatic rings. The average Bonchev–Trinajstić information content (AvgIpc) is 2.85. The molecule has 0 aliphatic rings. The van der Waals surface area contributed by atoms with Crippen LogP contribution in [-0.4, -0.2) is 0 Å². The van der Waals surface area contributed by atoms with Crippen LogP contribution in [0, 0.1) is 0 Å². The Balaban J connectivity index is 2.11. The lowest BCUT2D eigenvalue weighted by Gasteiger charge is -2.01. The molecular formula is C18H11ClO. The molecule has 0 spiro atoms. The Morgan fingerprint density at radius 1 is 0.750 bits per heavy atom. The second-order valence-corrected chi connectivity index (χ2v) is 5.23. The summed E-state index contributed by atoms with van der Waals surface area (Å²) < 4.78 is 6.03. The number of benzene rings is 3. The molecule has 0 aliphatic carbocycles. The second-order valence-electron chi connectivity index (χ2n) is 4.79. The number of furan rings is 1. The van der Waals surface area contributed by atoms with Gasteiger partial charge in [0.15, 0.2) is 0 Å². The Morgan fingerprint density at radius 3 is 2.45 bits per heavy atom. The molecule has 4 rings (SSSR count). The lowest BCUT2D eigenvalue weighted by Crippen LogP contribution is -1.77. The van der Waals surface area contributed by atoms with Crippen molar-refractivity contribution in [2.24, 2.45) is 0 Å². The number of hydrogen-bond donors (Lipinski definition) is 0. The van der Waals surface area contributed by atoms with Crippen molar-refractivity contribution in [2.75, 3.05) is 0 Å². The topological polar surface area (TPSA) is 13.1 Å². The number of halogens is 1. The molecule has 2 heteroatoms. The lowest BCUT2D eigenvalue weighted by molar-refractivity contribution is 0.670. The summed E-state index contributed by atoms with van der Waals surface area (Å²) in [6, 6.07) is 22.3. The van der Waals surface area contributed by atoms with E-state index in [4.69, 9.17) is 16.0 Å². The number of rotatable bonds is 1. The van der Waals surface area contributed by atoms with Crippen LogP contribution in [0.15, 0.2) is 71.1 Å². The van der Waals surface area contributed by atoms with Gasteiger partial charge in [-0.05, 0) is 17.7 Å². The van der Waals surface area contributed by atoms with Crippen molar-refractivity contribution < 1.29 is 4.42 Å². The van der Waals surface area contributed by atoms with Crippen LogP contribution in [0.5, 0.6) is 0 Å². The van der Waals surface area contributed by atoms with E-state index in [-0.39, 0.29) is 0 Å². The Bertz CT molecular complexity index is 907. The van der Waals surface area contributed by atoms with Gasteiger partial charge in [0.05, 0.1) is 0 Å². The van der Waals surface area contributed by atoms with Crippen LogP contribution in [0.3, 0.4) is 0 Å². The van der Waals surface area contributed by atoms with E-state index in [2.05, 4.69) is 30.3 Å². The van der Waals surface area contributed by atoms with E-state index in [1.165, 1.54) is 0 Å². The highest BCUT2D eigenvalue weighted by molar-refractivity contribution is 6.31. The molecule has 0 amide bonds. The molecule has 0 aliphatic heterocycles. The van der Waals surface area contributed by atoms with Gasteiger partial charge in [0.2, 0.25) is 0 Å². The minimum Gasteiger partial charge on any atom is -0.455 e. The van der Waals surface area contributed by atoms with Crippen molar-refractivity contribution in [1.29, 1.82) is 0 Å². The molecule has 0 fully saturated rings. The fourth-order valence-corrected chi connectivity index (χ4v) is 2.78. The van der Waals surface area contributed by atoms with Crippen LogP contribution in [-0.2, 0) is 0 Å². The molecule has 3 aromatic carbocycles. The molecule has 20 heavy (non-hydrogen) atoms. The van der Waals surface area contributed by atoms with Gasteiger partial charge in [-0.2, -0.15) is 0 Å². The third-order valence-electron chi connectivity index (χ3n) is 3.55. The van der Waals surface area contributed by atoms with Crippen molar-refractivity contribution >= 4 is 33.5 Å². The first-order chi connectivity index (χ1) is 9.83. The number of fused-ring (bicyclic) bond motifs is 3. The number of hydrogen-bond acceptors (Lipinski definition) is 1. The molecule has 1 nitrogen and oxygen atoms in total. The predicted octanol–water partition coefficient (Wildman–Crippen LogP) is 5.91. The molecule has 0 saturated carbocycles. The second kappa shape index (κ2) is 4.39. The normalized spacial score (nSPS) is 11.2. The maximum Gasteiger partial charge on any atom is 0.143 e. The summed E-state index contributed by atoms with van der Waals surface area (Å²) in [6.45, 7) is 0. The highest BCUT2D eigenvalue weighted by atomic mass is 35.5. The minimum absolute atomic E-state index is 0.692. The van der Waals surface area contributed by atoms with Crippen molar-refractivity contribution in [1.82, 2.24) is 0 Å². The predicted molar refractivity (Wildman–Crippen MR) is 84.2 cm³/mol. The average molecular weight is 279 g/mol. The van der Waals surface area contributed by atoms with Gasteiger partial charge in [0, 0.05) is 27.4 Å². The largest absolute Gasteiger partial charge is 0.455 e. The Morgan fingerprint density at radius 2 is 1.60 bits per heavy atom. The van der Waals surface area contributed by atoms with E-state index < -0.39 is 0 Å². The summed E-state index contributed by atoms with van der Waals surface area (Å²) in [5.41, 5.74) is 4.01. The van der Waals surface area contributed by atoms with Gasteiger partial charge in [-0.15, -0.1) is 0 Å². The molecular weight excluding hydrogens is 268 g/mol. The standard InChI is InChI=1S/C18H11ClO/c19-13-9-10-15-16-8-4-7-14(12-5-2-1-3-6-12)18(16)20-17(15)11-13/h1-11H. The summed E-state index contributed by atoms with van der Waals surface area (Å²) in [7, 11) is 0. The van der Waals surface area contributed by atoms with Gasteiger partial charge in [-0.3, -0.25) is 0 Å². The smallest absolute Gasteiger partial charge is 0.143 e. The highest BCUT2D eigenvalue weighted by Crippen LogP contribution is 2.36. The van der Waals surface area contributed by atoms with Gasteiger partial charge in [-0.1, -0.05) is 60.1 Å². The molecule has 96 valence electrons. The van der Waals surface area contributed by atoms with E-state index in [0.717, 1.165) is 33.1 Å². The first kappa shape index (κ1) is 11.6. The van der Waals surface area contributed by atoms with Crippen LogP contribution >= 0.6 is 11.6 Å². The van der Waals surface area contributed by atoms with Crippen molar-refractivity contribution in [2.45, 2.75) is 0 Å². The summed E-state index contributed by atoms with van der Waals surface area (Å²) in [4.78, 5) is 0. The maximum atomic E-state index is 6.04. The molecule has 1 aromatic heterocycles. The third kappa shape index (κ3) is 1.71. The highest BCUT2D eigenvalue weighted by Gasteiger charge is 2.11. The SMILES string of the molecule is Clc1ccc2c(c1)oc1c(-c3ccccc3)cccc12. The van der Waals surface area contributed by atoms with E-state index in [0.29, 0.717) is 5.02 Å². The van der Waals surface area contributed by atoms with Gasteiger partial charge in [0.1, 0.15) is 11.2 Å². The van der Waals surface area contributed by atoms with E-state index in [9.17, 15) is 0 Å². The van der Waals surface area contributed by atoms with Gasteiger partial charge < -0.3 is 4.42 Å². The van der Waals surface area contributed by atoms with Crippen LogP contribution in [0.4, 0.5) is 0 Å². The summed E-state index contributed by atoms with van der Waals surface area (Å²) in [5.74, 6) is 0. The Labute approximate surface area is 121 Å². The fraction of sp³-hybridized carbons (Fsp3) is 0. The summed E-state index contributed by atoms with van der Waals surface area (Å²) in [6.07, 6.45) is 0. The lowest BCUT2D eigenvalue weighted by atomic mass is 10.0. The molecule has 1 heterocycles. The van der Waals surface area contributed by atoms with Crippen LogP contribution in [0.1, 0.15) is 0 Å². The molecule has 0 atom stereocenters. The van der Waals surface area contributed by atoms with Crippen molar-refractivity contribution in [3.63, 3.8) is 0 Å². The first-order valence-electron chi connectivity index (χ1n) is 6.49. The zero-order valence-corrected chi connectivity index (χ0v) is 11.4. The van der Waals surface area contributed by atoms with Crippen molar-refractivity contribution in [3.05, 3.63) is 71.8 Å². The van der Waals surface area contributed by atoms with Crippen LogP contribution in [0.25, 0.3) is 33.1 Å². The zero-order chi connectivity index (χ0) is 13.5. The van der Waals surface area contributed by atoms with E-state index in [1.54, 1.807) is 0 Å². The Kier molecular flexibility index (Phi) is 2.54. The monoisotopic (exact) mass is 278 g/mol. The number of para-hydroxylation sites is 1. The van der Waals surface area contributed by atoms with Crippen LogP contribution < -0.4 is 0 Å². The van der Waals surface area contributed by atoms with Gasteiger partial charge in [-0.25, -0.2) is 0 Å². The van der Waals surface area contributed by atoms with Gasteiger partial charge in [0.25, 0.3) is 0 Å². The van der Waals surface area contributed by atoms with E-state index in [1.807, 2.05) is 36.4 Å².